The Morgan fingerprint density at radius 2 is 2.12 bits per heavy atom. The summed E-state index contributed by atoms with van der Waals surface area (Å²) in [6, 6.07) is 5.89. The van der Waals surface area contributed by atoms with E-state index in [9.17, 15) is 0 Å². The van der Waals surface area contributed by atoms with Gasteiger partial charge in [0.15, 0.2) is 0 Å². The molecule has 0 unspecified atom stereocenters. The van der Waals surface area contributed by atoms with Crippen LogP contribution in [0.25, 0.3) is 11.0 Å². The average Bonchev–Trinajstić information content (AvgIpc) is 2.95. The third kappa shape index (κ3) is 2.32. The van der Waals surface area contributed by atoms with Crippen LogP contribution in [0.15, 0.2) is 18.2 Å². The van der Waals surface area contributed by atoms with E-state index >= 15 is 0 Å². The zero-order chi connectivity index (χ0) is 11.7. The number of hydrogen-bond donors (Lipinski definition) is 1. The van der Waals surface area contributed by atoms with Crippen molar-refractivity contribution >= 4 is 22.6 Å². The number of para-hydroxylation sites is 1. The monoisotopic (exact) mass is 248 g/mol. The molecule has 3 rings (SSSR count). The van der Waals surface area contributed by atoms with Crippen LogP contribution in [0.4, 0.5) is 0 Å². The average molecular weight is 249 g/mol. The van der Waals surface area contributed by atoms with Gasteiger partial charge in [0.1, 0.15) is 11.3 Å². The van der Waals surface area contributed by atoms with Gasteiger partial charge in [-0.2, -0.15) is 0 Å². The van der Waals surface area contributed by atoms with Crippen molar-refractivity contribution in [2.75, 3.05) is 0 Å². The summed E-state index contributed by atoms with van der Waals surface area (Å²) in [5.41, 5.74) is 1.97. The summed E-state index contributed by atoms with van der Waals surface area (Å²) in [6.07, 6.45) is 7.95. The van der Waals surface area contributed by atoms with E-state index in [4.69, 9.17) is 11.6 Å². The largest absolute Gasteiger partial charge is 0.342 e. The number of fused-ring (bicyclic) bond motifs is 1. The molecule has 1 aliphatic rings. The highest BCUT2D eigenvalue weighted by atomic mass is 35.5. The number of imidazole rings is 1. The number of aromatic amines is 1. The standard InChI is InChI=1S/C14H17ClN2/c15-11-6-3-7-12-14(11)17-13(16-12)9-8-10-4-1-2-5-10/h3,6-7,10H,1-2,4-5,8-9H2,(H,16,17). The summed E-state index contributed by atoms with van der Waals surface area (Å²) in [5, 5.41) is 0.742. The first-order valence-corrected chi connectivity index (χ1v) is 6.84. The maximum atomic E-state index is 6.12. The second kappa shape index (κ2) is 4.69. The van der Waals surface area contributed by atoms with E-state index in [2.05, 4.69) is 9.97 Å². The number of benzene rings is 1. The fourth-order valence-corrected chi connectivity index (χ4v) is 3.02. The van der Waals surface area contributed by atoms with E-state index in [1.807, 2.05) is 18.2 Å². The second-order valence-electron chi connectivity index (χ2n) is 5.01. The quantitative estimate of drug-likeness (QED) is 0.860. The molecule has 0 radical (unpaired) electrons. The minimum atomic E-state index is 0.742. The number of H-pyrrole nitrogens is 1. The highest BCUT2D eigenvalue weighted by Crippen LogP contribution is 2.29. The second-order valence-corrected chi connectivity index (χ2v) is 5.42. The van der Waals surface area contributed by atoms with Gasteiger partial charge in [-0.15, -0.1) is 0 Å². The normalized spacial score (nSPS) is 17.0. The minimum Gasteiger partial charge on any atom is -0.342 e. The Kier molecular flexibility index (Phi) is 3.06. The molecule has 1 heterocycles. The third-order valence-corrected chi connectivity index (χ3v) is 4.08. The van der Waals surface area contributed by atoms with E-state index in [0.29, 0.717) is 0 Å². The Morgan fingerprint density at radius 3 is 2.88 bits per heavy atom. The van der Waals surface area contributed by atoms with Crippen LogP contribution in [0.2, 0.25) is 5.02 Å². The molecule has 1 aromatic carbocycles. The Labute approximate surface area is 106 Å². The van der Waals surface area contributed by atoms with Crippen molar-refractivity contribution < 1.29 is 0 Å². The van der Waals surface area contributed by atoms with Crippen LogP contribution >= 0.6 is 11.6 Å². The number of halogens is 1. The fraction of sp³-hybridized carbons (Fsp3) is 0.500. The van der Waals surface area contributed by atoms with Gasteiger partial charge < -0.3 is 4.98 Å². The lowest BCUT2D eigenvalue weighted by molar-refractivity contribution is 0.498. The molecular weight excluding hydrogens is 232 g/mol. The van der Waals surface area contributed by atoms with Crippen LogP contribution < -0.4 is 0 Å². The number of nitrogens with zero attached hydrogens (tertiary/aromatic N) is 1. The molecule has 1 fully saturated rings. The van der Waals surface area contributed by atoms with Gasteiger partial charge in [0.05, 0.1) is 10.5 Å². The van der Waals surface area contributed by atoms with Gasteiger partial charge in [-0.3, -0.25) is 0 Å². The van der Waals surface area contributed by atoms with Crippen molar-refractivity contribution in [3.8, 4) is 0 Å². The van der Waals surface area contributed by atoms with Gasteiger partial charge in [0, 0.05) is 6.42 Å². The van der Waals surface area contributed by atoms with Gasteiger partial charge in [-0.05, 0) is 24.5 Å². The molecule has 0 saturated heterocycles. The van der Waals surface area contributed by atoms with Crippen molar-refractivity contribution in [2.24, 2.45) is 5.92 Å². The van der Waals surface area contributed by atoms with Crippen LogP contribution in [-0.4, -0.2) is 9.97 Å². The third-order valence-electron chi connectivity index (χ3n) is 3.78. The molecule has 1 aliphatic carbocycles. The molecule has 1 N–H and O–H groups in total. The fourth-order valence-electron chi connectivity index (χ4n) is 2.81. The van der Waals surface area contributed by atoms with Gasteiger partial charge in [-0.1, -0.05) is 43.4 Å². The molecule has 2 nitrogen and oxygen atoms in total. The smallest absolute Gasteiger partial charge is 0.107 e. The summed E-state index contributed by atoms with van der Waals surface area (Å²) in [5.74, 6) is 2.00. The maximum absolute atomic E-state index is 6.12. The zero-order valence-electron chi connectivity index (χ0n) is 9.88. The molecule has 0 spiro atoms. The van der Waals surface area contributed by atoms with E-state index < -0.39 is 0 Å². The molecule has 0 aliphatic heterocycles. The number of aromatic nitrogens is 2. The molecule has 17 heavy (non-hydrogen) atoms. The molecule has 0 atom stereocenters. The summed E-state index contributed by atoms with van der Waals surface area (Å²) in [7, 11) is 0. The molecule has 0 amide bonds. The van der Waals surface area contributed by atoms with Crippen LogP contribution in [0.5, 0.6) is 0 Å². The zero-order valence-corrected chi connectivity index (χ0v) is 10.6. The maximum Gasteiger partial charge on any atom is 0.107 e. The van der Waals surface area contributed by atoms with Crippen molar-refractivity contribution in [1.82, 2.24) is 9.97 Å². The predicted molar refractivity (Wildman–Crippen MR) is 71.4 cm³/mol. The van der Waals surface area contributed by atoms with Crippen LogP contribution in [0, 0.1) is 5.92 Å². The van der Waals surface area contributed by atoms with Crippen molar-refractivity contribution in [1.29, 1.82) is 0 Å². The first kappa shape index (κ1) is 11.1. The number of nitrogens with one attached hydrogen (secondary N) is 1. The van der Waals surface area contributed by atoms with Crippen LogP contribution in [0.3, 0.4) is 0 Å². The van der Waals surface area contributed by atoms with E-state index in [1.54, 1.807) is 0 Å². The van der Waals surface area contributed by atoms with Gasteiger partial charge in [0.2, 0.25) is 0 Å². The molecule has 2 aromatic rings. The lowest BCUT2D eigenvalue weighted by Crippen LogP contribution is -1.97. The Morgan fingerprint density at radius 1 is 1.29 bits per heavy atom. The summed E-state index contributed by atoms with van der Waals surface area (Å²) in [6.45, 7) is 0. The Balaban J connectivity index is 1.74. The van der Waals surface area contributed by atoms with Gasteiger partial charge in [0.25, 0.3) is 0 Å². The Bertz CT molecular complexity index is 512. The van der Waals surface area contributed by atoms with Gasteiger partial charge >= 0.3 is 0 Å². The van der Waals surface area contributed by atoms with E-state index in [1.165, 1.54) is 32.1 Å². The molecular formula is C14H17ClN2. The van der Waals surface area contributed by atoms with E-state index in [-0.39, 0.29) is 0 Å². The Hall–Kier alpha value is -1.02. The van der Waals surface area contributed by atoms with E-state index in [0.717, 1.165) is 34.2 Å². The summed E-state index contributed by atoms with van der Waals surface area (Å²) in [4.78, 5) is 7.95. The van der Waals surface area contributed by atoms with Crippen LogP contribution in [0.1, 0.15) is 37.9 Å². The molecule has 0 bridgehead atoms. The van der Waals surface area contributed by atoms with Crippen molar-refractivity contribution in [2.45, 2.75) is 38.5 Å². The molecule has 90 valence electrons. The SMILES string of the molecule is Clc1cccc2[nH]c(CCC3CCCC3)nc12. The first-order valence-electron chi connectivity index (χ1n) is 6.46. The summed E-state index contributed by atoms with van der Waals surface area (Å²) < 4.78 is 0. The number of aryl methyl sites for hydroxylation is 1. The van der Waals surface area contributed by atoms with Gasteiger partial charge in [-0.25, -0.2) is 4.98 Å². The number of rotatable bonds is 3. The molecule has 3 heteroatoms. The van der Waals surface area contributed by atoms with Crippen LogP contribution in [-0.2, 0) is 6.42 Å². The highest BCUT2D eigenvalue weighted by Gasteiger charge is 2.15. The van der Waals surface area contributed by atoms with Crippen molar-refractivity contribution in [3.05, 3.63) is 29.0 Å². The highest BCUT2D eigenvalue weighted by molar-refractivity contribution is 6.34. The lowest BCUT2D eigenvalue weighted by Gasteiger charge is -2.05. The topological polar surface area (TPSA) is 28.7 Å². The molecule has 1 saturated carbocycles. The lowest BCUT2D eigenvalue weighted by atomic mass is 10.0. The predicted octanol–water partition coefficient (Wildman–Crippen LogP) is 4.34. The number of hydrogen-bond acceptors (Lipinski definition) is 1. The summed E-state index contributed by atoms with van der Waals surface area (Å²) >= 11 is 6.12. The first-order chi connectivity index (χ1) is 8.33. The minimum absolute atomic E-state index is 0.742. The molecule has 1 aromatic heterocycles. The van der Waals surface area contributed by atoms with Crippen molar-refractivity contribution in [3.63, 3.8) is 0 Å².